The highest BCUT2D eigenvalue weighted by Gasteiger charge is 2.17. The van der Waals surface area contributed by atoms with Crippen molar-refractivity contribution < 1.29 is 23.8 Å². The highest BCUT2D eigenvalue weighted by atomic mass is 16.7. The number of likely N-dealkylation sites (N-methyl/N-ethyl adjacent to an activating group) is 1. The third-order valence-electron chi connectivity index (χ3n) is 2.22. The van der Waals surface area contributed by atoms with E-state index in [9.17, 15) is 9.59 Å². The summed E-state index contributed by atoms with van der Waals surface area (Å²) in [7, 11) is 1.47. The van der Waals surface area contributed by atoms with Gasteiger partial charge in [0.1, 0.15) is 0 Å². The zero-order valence-corrected chi connectivity index (χ0v) is 9.19. The molecule has 0 saturated carbocycles. The van der Waals surface area contributed by atoms with E-state index in [0.717, 1.165) is 0 Å². The molecule has 2 rings (SSSR count). The maximum Gasteiger partial charge on any atom is 0.338 e. The van der Waals surface area contributed by atoms with Gasteiger partial charge in [0.15, 0.2) is 18.1 Å². The third kappa shape index (κ3) is 2.47. The van der Waals surface area contributed by atoms with Gasteiger partial charge in [0, 0.05) is 7.05 Å². The number of ether oxygens (including phenoxy) is 3. The van der Waals surface area contributed by atoms with Crippen LogP contribution < -0.4 is 14.8 Å². The second kappa shape index (κ2) is 4.73. The number of fused-ring (bicyclic) bond motifs is 1. The molecule has 0 saturated heterocycles. The Kier molecular flexibility index (Phi) is 3.13. The molecule has 0 bridgehead atoms. The van der Waals surface area contributed by atoms with Crippen molar-refractivity contribution in [3.8, 4) is 11.5 Å². The highest BCUT2D eigenvalue weighted by molar-refractivity contribution is 5.92. The topological polar surface area (TPSA) is 73.9 Å². The van der Waals surface area contributed by atoms with Crippen LogP contribution in [0.4, 0.5) is 0 Å². The number of rotatable bonds is 3. The Morgan fingerprint density at radius 3 is 2.88 bits per heavy atom. The van der Waals surface area contributed by atoms with E-state index in [-0.39, 0.29) is 19.3 Å². The number of amides is 1. The fourth-order valence-corrected chi connectivity index (χ4v) is 1.31. The van der Waals surface area contributed by atoms with Crippen molar-refractivity contribution in [1.29, 1.82) is 0 Å². The molecule has 1 aromatic carbocycles. The van der Waals surface area contributed by atoms with Gasteiger partial charge in [-0.2, -0.15) is 0 Å². The van der Waals surface area contributed by atoms with Crippen molar-refractivity contribution in [2.75, 3.05) is 20.4 Å². The molecule has 6 heteroatoms. The van der Waals surface area contributed by atoms with Gasteiger partial charge in [0.05, 0.1) is 5.56 Å². The first-order valence-corrected chi connectivity index (χ1v) is 4.98. The van der Waals surface area contributed by atoms with Gasteiger partial charge in [0.25, 0.3) is 5.91 Å². The van der Waals surface area contributed by atoms with E-state index in [4.69, 9.17) is 14.2 Å². The van der Waals surface area contributed by atoms with Crippen molar-refractivity contribution in [1.82, 2.24) is 5.32 Å². The molecule has 1 heterocycles. The molecule has 6 nitrogen and oxygen atoms in total. The number of benzene rings is 1. The van der Waals surface area contributed by atoms with Gasteiger partial charge in [0.2, 0.25) is 6.79 Å². The Labute approximate surface area is 97.5 Å². The molecular formula is C11H11NO5. The minimum atomic E-state index is -0.577. The molecule has 0 unspecified atom stereocenters. The van der Waals surface area contributed by atoms with E-state index >= 15 is 0 Å². The lowest BCUT2D eigenvalue weighted by atomic mass is 10.2. The second-order valence-electron chi connectivity index (χ2n) is 3.32. The van der Waals surface area contributed by atoms with Crippen molar-refractivity contribution >= 4 is 11.9 Å². The molecule has 0 aromatic heterocycles. The van der Waals surface area contributed by atoms with Crippen LogP contribution in [0.5, 0.6) is 11.5 Å². The van der Waals surface area contributed by atoms with Crippen LogP contribution in [0.3, 0.4) is 0 Å². The fraction of sp³-hybridized carbons (Fsp3) is 0.273. The summed E-state index contributed by atoms with van der Waals surface area (Å²) < 4.78 is 15.0. The first-order chi connectivity index (χ1) is 8.20. The number of carbonyl (C=O) groups excluding carboxylic acids is 2. The molecule has 17 heavy (non-hydrogen) atoms. The van der Waals surface area contributed by atoms with Crippen LogP contribution in [0.15, 0.2) is 18.2 Å². The van der Waals surface area contributed by atoms with Crippen molar-refractivity contribution in [2.45, 2.75) is 0 Å². The van der Waals surface area contributed by atoms with Gasteiger partial charge in [-0.25, -0.2) is 4.79 Å². The lowest BCUT2D eigenvalue weighted by Crippen LogP contribution is -2.25. The quantitative estimate of drug-likeness (QED) is 0.766. The summed E-state index contributed by atoms with van der Waals surface area (Å²) in [6.07, 6.45) is 0. The van der Waals surface area contributed by atoms with Gasteiger partial charge in [-0.15, -0.1) is 0 Å². The lowest BCUT2D eigenvalue weighted by molar-refractivity contribution is -0.123. The average molecular weight is 237 g/mol. The predicted octanol–water partition coefficient (Wildman–Crippen LogP) is 0.318. The summed E-state index contributed by atoms with van der Waals surface area (Å²) in [5.74, 6) is 0.151. The molecule has 1 aliphatic rings. The fourth-order valence-electron chi connectivity index (χ4n) is 1.31. The second-order valence-corrected chi connectivity index (χ2v) is 3.32. The Bertz CT molecular complexity index is 457. The molecule has 0 fully saturated rings. The smallest absolute Gasteiger partial charge is 0.338 e. The lowest BCUT2D eigenvalue weighted by Gasteiger charge is -2.04. The van der Waals surface area contributed by atoms with Crippen LogP contribution >= 0.6 is 0 Å². The van der Waals surface area contributed by atoms with Gasteiger partial charge < -0.3 is 19.5 Å². The molecule has 1 aromatic rings. The van der Waals surface area contributed by atoms with Crippen LogP contribution in [0.25, 0.3) is 0 Å². The van der Waals surface area contributed by atoms with E-state index in [1.165, 1.54) is 13.1 Å². The maximum atomic E-state index is 11.6. The normalized spacial score (nSPS) is 12.1. The van der Waals surface area contributed by atoms with Crippen LogP contribution in [0.2, 0.25) is 0 Å². The van der Waals surface area contributed by atoms with E-state index in [1.807, 2.05) is 0 Å². The van der Waals surface area contributed by atoms with E-state index < -0.39 is 5.97 Å². The minimum absolute atomic E-state index is 0.145. The zero-order valence-electron chi connectivity index (χ0n) is 9.19. The summed E-state index contributed by atoms with van der Waals surface area (Å²) in [5, 5.41) is 2.35. The van der Waals surface area contributed by atoms with Crippen molar-refractivity contribution in [2.24, 2.45) is 0 Å². The Morgan fingerprint density at radius 1 is 1.35 bits per heavy atom. The summed E-state index contributed by atoms with van der Waals surface area (Å²) in [5.41, 5.74) is 0.318. The number of esters is 1. The molecule has 1 aliphatic heterocycles. The highest BCUT2D eigenvalue weighted by Crippen LogP contribution is 2.32. The van der Waals surface area contributed by atoms with Crippen LogP contribution in [-0.4, -0.2) is 32.3 Å². The summed E-state index contributed by atoms with van der Waals surface area (Å²) in [6.45, 7) is -0.157. The Morgan fingerprint density at radius 2 is 2.12 bits per heavy atom. The van der Waals surface area contributed by atoms with E-state index in [1.54, 1.807) is 12.1 Å². The van der Waals surface area contributed by atoms with Crippen LogP contribution in [0, 0.1) is 0 Å². The molecule has 1 amide bonds. The number of carbonyl (C=O) groups is 2. The summed E-state index contributed by atoms with van der Waals surface area (Å²) in [6, 6.07) is 4.70. The molecule has 90 valence electrons. The Balaban J connectivity index is 2.02. The molecule has 0 atom stereocenters. The van der Waals surface area contributed by atoms with Crippen LogP contribution in [0.1, 0.15) is 10.4 Å². The van der Waals surface area contributed by atoms with E-state index in [0.29, 0.717) is 17.1 Å². The predicted molar refractivity (Wildman–Crippen MR) is 56.9 cm³/mol. The van der Waals surface area contributed by atoms with Gasteiger partial charge in [-0.1, -0.05) is 0 Å². The monoisotopic (exact) mass is 237 g/mol. The number of nitrogens with one attached hydrogen (secondary N) is 1. The molecule has 1 N–H and O–H groups in total. The number of hydrogen-bond donors (Lipinski definition) is 1. The van der Waals surface area contributed by atoms with Gasteiger partial charge in [-0.3, -0.25) is 4.79 Å². The number of hydrogen-bond acceptors (Lipinski definition) is 5. The van der Waals surface area contributed by atoms with Gasteiger partial charge in [-0.05, 0) is 18.2 Å². The molecule has 0 aliphatic carbocycles. The Hall–Kier alpha value is -2.24. The summed E-state index contributed by atoms with van der Waals surface area (Å²) in [4.78, 5) is 22.5. The first kappa shape index (κ1) is 11.3. The standard InChI is InChI=1S/C11H11NO5/c1-12-10(13)5-15-11(14)7-2-3-8-9(4-7)17-6-16-8/h2-4H,5-6H2,1H3,(H,12,13). The van der Waals surface area contributed by atoms with Crippen LogP contribution in [-0.2, 0) is 9.53 Å². The average Bonchev–Trinajstić information content (AvgIpc) is 2.82. The first-order valence-electron chi connectivity index (χ1n) is 4.98. The molecule has 0 radical (unpaired) electrons. The SMILES string of the molecule is CNC(=O)COC(=O)c1ccc2c(c1)OCO2. The molecular weight excluding hydrogens is 226 g/mol. The van der Waals surface area contributed by atoms with Gasteiger partial charge >= 0.3 is 5.97 Å². The summed E-state index contributed by atoms with van der Waals surface area (Å²) >= 11 is 0. The van der Waals surface area contributed by atoms with Crippen molar-refractivity contribution in [3.05, 3.63) is 23.8 Å². The third-order valence-corrected chi connectivity index (χ3v) is 2.22. The van der Waals surface area contributed by atoms with Crippen molar-refractivity contribution in [3.63, 3.8) is 0 Å². The van der Waals surface area contributed by atoms with E-state index in [2.05, 4.69) is 5.32 Å². The largest absolute Gasteiger partial charge is 0.454 e. The minimum Gasteiger partial charge on any atom is -0.454 e. The maximum absolute atomic E-state index is 11.6. The molecule has 0 spiro atoms. The zero-order chi connectivity index (χ0) is 12.3.